The monoisotopic (exact) mass is 230 g/mol. The van der Waals surface area contributed by atoms with Crippen molar-refractivity contribution < 1.29 is 4.79 Å². The van der Waals surface area contributed by atoms with Crippen LogP contribution in [0, 0.1) is 0 Å². The number of allylic oxidation sites excluding steroid dienone is 2. The van der Waals surface area contributed by atoms with Crippen LogP contribution < -0.4 is 5.73 Å². The lowest BCUT2D eigenvalue weighted by molar-refractivity contribution is -0.113. The molecular weight excluding hydrogens is 212 g/mol. The number of nitrogens with zero attached hydrogens (tertiary/aromatic N) is 1. The van der Waals surface area contributed by atoms with Gasteiger partial charge in [0.15, 0.2) is 5.78 Å². The van der Waals surface area contributed by atoms with Gasteiger partial charge in [0.05, 0.1) is 5.70 Å². The van der Waals surface area contributed by atoms with Crippen LogP contribution in [0.15, 0.2) is 47.1 Å². The molecule has 0 aliphatic carbocycles. The zero-order chi connectivity index (χ0) is 12.7. The molecule has 2 N–H and O–H groups in total. The van der Waals surface area contributed by atoms with E-state index >= 15 is 0 Å². The van der Waals surface area contributed by atoms with Gasteiger partial charge in [0.1, 0.15) is 0 Å². The first-order chi connectivity index (χ1) is 8.09. The van der Waals surface area contributed by atoms with Crippen LogP contribution in [0.3, 0.4) is 0 Å². The lowest BCUT2D eigenvalue weighted by atomic mass is 10.1. The predicted octanol–water partition coefficient (Wildman–Crippen LogP) is 2.12. The summed E-state index contributed by atoms with van der Waals surface area (Å²) in [5, 5.41) is 0. The normalized spacial score (nSPS) is 12.6. The molecule has 17 heavy (non-hydrogen) atoms. The van der Waals surface area contributed by atoms with Gasteiger partial charge in [-0.15, -0.1) is 0 Å². The van der Waals surface area contributed by atoms with E-state index in [0.29, 0.717) is 6.54 Å². The average Bonchev–Trinajstić information content (AvgIpc) is 2.30. The van der Waals surface area contributed by atoms with Crippen LogP contribution in [-0.4, -0.2) is 18.0 Å². The van der Waals surface area contributed by atoms with Gasteiger partial charge in [0.2, 0.25) is 0 Å². The van der Waals surface area contributed by atoms with Gasteiger partial charge in [-0.3, -0.25) is 9.79 Å². The second-order valence-corrected chi connectivity index (χ2v) is 3.91. The number of nitrogens with two attached hydrogens (primary N) is 1. The third-order valence-corrected chi connectivity index (χ3v) is 2.38. The van der Waals surface area contributed by atoms with Crippen molar-refractivity contribution >= 4 is 11.5 Å². The zero-order valence-corrected chi connectivity index (χ0v) is 10.3. The van der Waals surface area contributed by atoms with Crippen LogP contribution in [0.2, 0.25) is 0 Å². The number of aliphatic imine (C=N–C) groups is 1. The molecule has 0 spiro atoms. The van der Waals surface area contributed by atoms with Crippen molar-refractivity contribution in [2.24, 2.45) is 10.7 Å². The molecule has 0 unspecified atom stereocenters. The Morgan fingerprint density at radius 2 is 1.94 bits per heavy atom. The molecule has 0 aliphatic heterocycles. The highest BCUT2D eigenvalue weighted by Crippen LogP contribution is 2.00. The van der Waals surface area contributed by atoms with E-state index < -0.39 is 0 Å². The third-order valence-electron chi connectivity index (χ3n) is 2.38. The molecule has 1 aromatic rings. The summed E-state index contributed by atoms with van der Waals surface area (Å²) in [5.74, 6) is -0.123. The molecule has 0 saturated heterocycles. The molecule has 0 amide bonds. The number of Topliss-reactive ketones (excluding diaryl/α,β-unsaturated/α-hetero) is 1. The van der Waals surface area contributed by atoms with Crippen LogP contribution in [0.1, 0.15) is 19.4 Å². The molecule has 0 saturated carbocycles. The highest BCUT2D eigenvalue weighted by Gasteiger charge is 1.97. The van der Waals surface area contributed by atoms with Crippen molar-refractivity contribution in [1.82, 2.24) is 0 Å². The molecule has 0 bridgehead atoms. The van der Waals surface area contributed by atoms with Crippen molar-refractivity contribution in [2.75, 3.05) is 6.54 Å². The van der Waals surface area contributed by atoms with Gasteiger partial charge in [0.25, 0.3) is 0 Å². The fourth-order valence-electron chi connectivity index (χ4n) is 1.38. The number of carbonyl (C=O) groups excluding carboxylic acids is 1. The van der Waals surface area contributed by atoms with Gasteiger partial charge in [-0.05, 0) is 25.0 Å². The standard InChI is InChI=1S/C14H18N2O/c1-11(10-14(15)12(2)17)16-9-8-13-6-4-3-5-7-13/h3-7,10H,8-9,15H2,1-2H3. The molecule has 0 radical (unpaired) electrons. The topological polar surface area (TPSA) is 55.5 Å². The maximum atomic E-state index is 10.9. The molecule has 3 heteroatoms. The molecular formula is C14H18N2O. The smallest absolute Gasteiger partial charge is 0.175 e. The summed E-state index contributed by atoms with van der Waals surface area (Å²) < 4.78 is 0. The fourth-order valence-corrected chi connectivity index (χ4v) is 1.38. The number of ketones is 1. The van der Waals surface area contributed by atoms with E-state index in [-0.39, 0.29) is 11.5 Å². The summed E-state index contributed by atoms with van der Waals surface area (Å²) in [4.78, 5) is 15.3. The Bertz CT molecular complexity index is 433. The van der Waals surface area contributed by atoms with Crippen molar-refractivity contribution in [2.45, 2.75) is 20.3 Å². The van der Waals surface area contributed by atoms with Crippen LogP contribution in [0.5, 0.6) is 0 Å². The van der Waals surface area contributed by atoms with Crippen molar-refractivity contribution in [3.63, 3.8) is 0 Å². The van der Waals surface area contributed by atoms with Crippen molar-refractivity contribution in [3.05, 3.63) is 47.7 Å². The van der Waals surface area contributed by atoms with E-state index in [1.165, 1.54) is 12.5 Å². The molecule has 1 aromatic carbocycles. The summed E-state index contributed by atoms with van der Waals surface area (Å²) in [6.07, 6.45) is 2.51. The Morgan fingerprint density at radius 1 is 1.29 bits per heavy atom. The average molecular weight is 230 g/mol. The summed E-state index contributed by atoms with van der Waals surface area (Å²) in [7, 11) is 0. The van der Waals surface area contributed by atoms with Gasteiger partial charge in [-0.2, -0.15) is 0 Å². The number of hydrogen-bond acceptors (Lipinski definition) is 3. The Kier molecular flexibility index (Phi) is 5.14. The second-order valence-electron chi connectivity index (χ2n) is 3.91. The van der Waals surface area contributed by atoms with E-state index in [1.54, 1.807) is 6.08 Å². The van der Waals surface area contributed by atoms with Crippen molar-refractivity contribution in [1.29, 1.82) is 0 Å². The number of carbonyl (C=O) groups is 1. The molecule has 0 heterocycles. The maximum Gasteiger partial charge on any atom is 0.175 e. The predicted molar refractivity (Wildman–Crippen MR) is 71.1 cm³/mol. The van der Waals surface area contributed by atoms with E-state index in [0.717, 1.165) is 12.1 Å². The molecule has 1 rings (SSSR count). The van der Waals surface area contributed by atoms with Gasteiger partial charge in [-0.25, -0.2) is 0 Å². The summed E-state index contributed by atoms with van der Waals surface area (Å²) in [5.41, 5.74) is 7.83. The Hall–Kier alpha value is -1.90. The van der Waals surface area contributed by atoms with Gasteiger partial charge < -0.3 is 5.73 Å². The van der Waals surface area contributed by atoms with E-state index in [2.05, 4.69) is 17.1 Å². The Labute approximate surface area is 102 Å². The van der Waals surface area contributed by atoms with Crippen LogP contribution in [0.25, 0.3) is 0 Å². The lowest BCUT2D eigenvalue weighted by Gasteiger charge is -1.99. The molecule has 0 aliphatic rings. The highest BCUT2D eigenvalue weighted by molar-refractivity contribution is 6.02. The SMILES string of the molecule is CC(=O)C(N)=CC(C)=NCCc1ccccc1. The van der Waals surface area contributed by atoms with Crippen LogP contribution in [-0.2, 0) is 11.2 Å². The molecule has 0 aromatic heterocycles. The minimum Gasteiger partial charge on any atom is -0.396 e. The first kappa shape index (κ1) is 13.2. The van der Waals surface area contributed by atoms with Crippen molar-refractivity contribution in [3.8, 4) is 0 Å². The van der Waals surface area contributed by atoms with E-state index in [1.807, 2.05) is 25.1 Å². The zero-order valence-electron chi connectivity index (χ0n) is 10.3. The minimum absolute atomic E-state index is 0.123. The van der Waals surface area contributed by atoms with Gasteiger partial charge in [-0.1, -0.05) is 30.3 Å². The number of benzene rings is 1. The van der Waals surface area contributed by atoms with Gasteiger partial charge in [0, 0.05) is 19.2 Å². The number of hydrogen-bond donors (Lipinski definition) is 1. The van der Waals surface area contributed by atoms with E-state index in [9.17, 15) is 4.79 Å². The lowest BCUT2D eigenvalue weighted by Crippen LogP contribution is -2.09. The quantitative estimate of drug-likeness (QED) is 0.622. The second kappa shape index (κ2) is 6.63. The largest absolute Gasteiger partial charge is 0.396 e. The highest BCUT2D eigenvalue weighted by atomic mass is 16.1. The molecule has 0 fully saturated rings. The third kappa shape index (κ3) is 5.11. The van der Waals surface area contributed by atoms with E-state index in [4.69, 9.17) is 5.73 Å². The summed E-state index contributed by atoms with van der Waals surface area (Å²) in [6, 6.07) is 10.2. The molecule has 0 atom stereocenters. The maximum absolute atomic E-state index is 10.9. The number of rotatable bonds is 5. The van der Waals surface area contributed by atoms with Crippen LogP contribution in [0.4, 0.5) is 0 Å². The minimum atomic E-state index is -0.123. The molecule has 90 valence electrons. The molecule has 3 nitrogen and oxygen atoms in total. The first-order valence-electron chi connectivity index (χ1n) is 5.62. The fraction of sp³-hybridized carbons (Fsp3) is 0.286. The summed E-state index contributed by atoms with van der Waals surface area (Å²) in [6.45, 7) is 4.00. The first-order valence-corrected chi connectivity index (χ1v) is 5.62. The van der Waals surface area contributed by atoms with Crippen LogP contribution >= 0.6 is 0 Å². The Balaban J connectivity index is 2.49. The summed E-state index contributed by atoms with van der Waals surface area (Å²) >= 11 is 0. The van der Waals surface area contributed by atoms with Gasteiger partial charge >= 0.3 is 0 Å². The Morgan fingerprint density at radius 3 is 2.53 bits per heavy atom.